The predicted octanol–water partition coefficient (Wildman–Crippen LogP) is 4.20. The monoisotopic (exact) mass is 381 g/mol. The van der Waals surface area contributed by atoms with Crippen LogP contribution in [-0.4, -0.2) is 22.2 Å². The minimum atomic E-state index is -0.580. The van der Waals surface area contributed by atoms with Gasteiger partial charge in [-0.2, -0.15) is 0 Å². The van der Waals surface area contributed by atoms with E-state index in [4.69, 9.17) is 4.74 Å². The van der Waals surface area contributed by atoms with E-state index in [0.29, 0.717) is 11.7 Å². The smallest absolute Gasteiger partial charge is 0.343 e. The number of rotatable bonds is 4. The molecule has 5 heteroatoms. The fourth-order valence-electron chi connectivity index (χ4n) is 4.23. The molecule has 2 aliphatic rings. The second kappa shape index (κ2) is 6.50. The summed E-state index contributed by atoms with van der Waals surface area (Å²) in [7, 11) is 0. The molecule has 148 valence electrons. The third kappa shape index (κ3) is 2.84. The molecule has 1 atom stereocenters. The van der Waals surface area contributed by atoms with Crippen LogP contribution in [0.2, 0.25) is 0 Å². The third-order valence-corrected chi connectivity index (χ3v) is 6.43. The maximum atomic E-state index is 12.7. The number of benzene rings is 1. The highest BCUT2D eigenvalue weighted by atomic mass is 16.5. The van der Waals surface area contributed by atoms with Crippen molar-refractivity contribution in [2.75, 3.05) is 6.61 Å². The Labute approximate surface area is 165 Å². The highest BCUT2D eigenvalue weighted by Crippen LogP contribution is 2.49. The number of nitrogens with zero attached hydrogens (tertiary/aromatic N) is 1. The van der Waals surface area contributed by atoms with E-state index in [1.165, 1.54) is 0 Å². The second-order valence-electron chi connectivity index (χ2n) is 8.56. The van der Waals surface area contributed by atoms with E-state index in [9.17, 15) is 14.7 Å². The third-order valence-electron chi connectivity index (χ3n) is 6.43. The van der Waals surface area contributed by atoms with E-state index in [1.807, 2.05) is 12.1 Å². The molecule has 1 N–H and O–H groups in total. The Hall–Kier alpha value is -2.56. The van der Waals surface area contributed by atoms with Gasteiger partial charge in [-0.05, 0) is 68.2 Å². The lowest BCUT2D eigenvalue weighted by Crippen LogP contribution is -2.42. The number of fused-ring (bicyclic) bond motifs is 3. The molecule has 0 amide bonds. The summed E-state index contributed by atoms with van der Waals surface area (Å²) in [6, 6.07) is 5.47. The van der Waals surface area contributed by atoms with Crippen molar-refractivity contribution in [3.63, 3.8) is 0 Å². The number of phenols is 1. The maximum absolute atomic E-state index is 12.7. The number of aromatic nitrogens is 1. The van der Waals surface area contributed by atoms with Crippen LogP contribution in [0.25, 0.3) is 11.3 Å². The molecule has 0 saturated heterocycles. The van der Waals surface area contributed by atoms with Crippen molar-refractivity contribution >= 4 is 5.97 Å². The molecule has 0 radical (unpaired) electrons. The van der Waals surface area contributed by atoms with Gasteiger partial charge < -0.3 is 14.4 Å². The fraction of sp³-hybridized carbons (Fsp3) is 0.478. The van der Waals surface area contributed by atoms with E-state index >= 15 is 0 Å². The number of ether oxygens (including phenoxy) is 1. The molecule has 1 fully saturated rings. The molecule has 1 unspecified atom stereocenters. The van der Waals surface area contributed by atoms with Crippen molar-refractivity contribution in [2.24, 2.45) is 5.92 Å². The van der Waals surface area contributed by atoms with Gasteiger partial charge in [0.25, 0.3) is 0 Å². The van der Waals surface area contributed by atoms with E-state index in [2.05, 4.69) is 25.3 Å². The molecule has 4 rings (SSSR count). The molecule has 2 aromatic rings. The Balaban J connectivity index is 1.97. The summed E-state index contributed by atoms with van der Waals surface area (Å²) in [5.74, 6) is 0.431. The van der Waals surface area contributed by atoms with E-state index in [0.717, 1.165) is 41.6 Å². The molecule has 5 nitrogen and oxygen atoms in total. The van der Waals surface area contributed by atoms with Crippen LogP contribution in [0.15, 0.2) is 29.2 Å². The number of aromatic hydroxyl groups is 1. The zero-order valence-electron chi connectivity index (χ0n) is 16.9. The van der Waals surface area contributed by atoms with Gasteiger partial charge in [0.2, 0.25) is 0 Å². The number of phenolic OH excluding ortho intramolecular Hbond substituents is 1. The lowest BCUT2D eigenvalue weighted by Gasteiger charge is -2.43. The molecule has 0 spiro atoms. The summed E-state index contributed by atoms with van der Waals surface area (Å²) in [5, 5.41) is 10.5. The molecule has 1 aliphatic heterocycles. The van der Waals surface area contributed by atoms with Gasteiger partial charge in [0, 0.05) is 23.4 Å². The summed E-state index contributed by atoms with van der Waals surface area (Å²) in [5.41, 5.74) is 3.20. The molecule has 0 bridgehead atoms. The first-order chi connectivity index (χ1) is 13.3. The normalized spacial score (nSPS) is 20.6. The number of hydrogen-bond donors (Lipinski definition) is 1. The maximum Gasteiger partial charge on any atom is 0.343 e. The van der Waals surface area contributed by atoms with Crippen molar-refractivity contribution in [2.45, 2.75) is 58.4 Å². The number of esters is 1. The zero-order chi connectivity index (χ0) is 20.2. The lowest BCUT2D eigenvalue weighted by atomic mass is 9.76. The van der Waals surface area contributed by atoms with Gasteiger partial charge >= 0.3 is 5.97 Å². The van der Waals surface area contributed by atoms with E-state index in [1.54, 1.807) is 19.2 Å². The summed E-state index contributed by atoms with van der Waals surface area (Å²) in [4.78, 5) is 25.0. The Morgan fingerprint density at radius 1 is 1.32 bits per heavy atom. The SMILES string of the molecule is CCOC(=O)c1cn2c(cc1=O)-c1cc(C3CC3)c(O)cc1CC2(C)C(C)C. The number of carbonyl (C=O) groups is 1. The van der Waals surface area contributed by atoms with Crippen molar-refractivity contribution in [1.29, 1.82) is 0 Å². The molecular formula is C23H27NO4. The topological polar surface area (TPSA) is 68.5 Å². The minimum absolute atomic E-state index is 0.0714. The average Bonchev–Trinajstić information content (AvgIpc) is 3.46. The minimum Gasteiger partial charge on any atom is -0.508 e. The first-order valence-electron chi connectivity index (χ1n) is 10.1. The molecule has 2 heterocycles. The van der Waals surface area contributed by atoms with Crippen molar-refractivity contribution in [3.05, 3.63) is 51.3 Å². The summed E-state index contributed by atoms with van der Waals surface area (Å²) in [6.45, 7) is 8.36. The Morgan fingerprint density at radius 3 is 2.64 bits per heavy atom. The largest absolute Gasteiger partial charge is 0.508 e. The van der Waals surface area contributed by atoms with Crippen LogP contribution >= 0.6 is 0 Å². The molecular weight excluding hydrogens is 354 g/mol. The van der Waals surface area contributed by atoms with Gasteiger partial charge in [0.05, 0.1) is 12.3 Å². The average molecular weight is 381 g/mol. The van der Waals surface area contributed by atoms with Crippen LogP contribution in [-0.2, 0) is 16.7 Å². The molecule has 1 saturated carbocycles. The highest BCUT2D eigenvalue weighted by Gasteiger charge is 2.39. The molecule has 1 aliphatic carbocycles. The number of hydrogen-bond acceptors (Lipinski definition) is 4. The Bertz CT molecular complexity index is 1020. The van der Waals surface area contributed by atoms with Crippen molar-refractivity contribution in [1.82, 2.24) is 4.57 Å². The van der Waals surface area contributed by atoms with Gasteiger partial charge in [-0.25, -0.2) is 4.79 Å². The van der Waals surface area contributed by atoms with Crippen LogP contribution < -0.4 is 5.43 Å². The zero-order valence-corrected chi connectivity index (χ0v) is 16.9. The Morgan fingerprint density at radius 2 is 2.04 bits per heavy atom. The van der Waals surface area contributed by atoms with Crippen LogP contribution in [0.4, 0.5) is 0 Å². The van der Waals surface area contributed by atoms with Gasteiger partial charge in [0.1, 0.15) is 11.3 Å². The number of carbonyl (C=O) groups excluding carboxylic acids is 1. The second-order valence-corrected chi connectivity index (χ2v) is 8.56. The first kappa shape index (κ1) is 18.8. The Kier molecular flexibility index (Phi) is 4.36. The summed E-state index contributed by atoms with van der Waals surface area (Å²) >= 11 is 0. The summed E-state index contributed by atoms with van der Waals surface area (Å²) < 4.78 is 7.16. The van der Waals surface area contributed by atoms with Crippen LogP contribution in [0, 0.1) is 5.92 Å². The van der Waals surface area contributed by atoms with Gasteiger partial charge in [0.15, 0.2) is 5.43 Å². The van der Waals surface area contributed by atoms with Crippen LogP contribution in [0.1, 0.15) is 67.9 Å². The standard InChI is InChI=1S/C23H27NO4/c1-5-28-22(27)18-12-24-19(10-21(18)26)16-9-17(14-6-7-14)20(25)8-15(16)11-23(24,4)13(2)3/h8-10,12-14,25H,5-7,11H2,1-4H3. The fourth-order valence-corrected chi connectivity index (χ4v) is 4.23. The van der Waals surface area contributed by atoms with Crippen LogP contribution in [0.3, 0.4) is 0 Å². The van der Waals surface area contributed by atoms with Crippen LogP contribution in [0.5, 0.6) is 5.75 Å². The van der Waals surface area contributed by atoms with Crippen molar-refractivity contribution < 1.29 is 14.6 Å². The predicted molar refractivity (Wildman–Crippen MR) is 108 cm³/mol. The van der Waals surface area contributed by atoms with Gasteiger partial charge in [-0.15, -0.1) is 0 Å². The highest BCUT2D eigenvalue weighted by molar-refractivity contribution is 5.89. The van der Waals surface area contributed by atoms with E-state index < -0.39 is 5.97 Å². The van der Waals surface area contributed by atoms with Gasteiger partial charge in [-0.1, -0.05) is 13.8 Å². The summed E-state index contributed by atoms with van der Waals surface area (Å²) in [6.07, 6.45) is 4.56. The van der Waals surface area contributed by atoms with Gasteiger partial charge in [-0.3, -0.25) is 4.79 Å². The lowest BCUT2D eigenvalue weighted by molar-refractivity contribution is 0.0522. The number of pyridine rings is 1. The first-order valence-corrected chi connectivity index (χ1v) is 10.1. The van der Waals surface area contributed by atoms with E-state index in [-0.39, 0.29) is 29.1 Å². The molecule has 1 aromatic heterocycles. The quantitative estimate of drug-likeness (QED) is 0.806. The van der Waals surface area contributed by atoms with Crippen molar-refractivity contribution in [3.8, 4) is 17.0 Å². The molecule has 28 heavy (non-hydrogen) atoms. The molecule has 1 aromatic carbocycles.